The van der Waals surface area contributed by atoms with Gasteiger partial charge in [0.2, 0.25) is 11.8 Å². The Labute approximate surface area is 190 Å². The number of anilines is 2. The third-order valence-electron chi connectivity index (χ3n) is 6.00. The van der Waals surface area contributed by atoms with Gasteiger partial charge in [-0.25, -0.2) is 14.4 Å². The fourth-order valence-corrected chi connectivity index (χ4v) is 4.30. The molecule has 9 nitrogen and oxygen atoms in total. The first-order valence-electron chi connectivity index (χ1n) is 10.7. The number of hydrogen-bond acceptors (Lipinski definition) is 7. The predicted octanol–water partition coefficient (Wildman–Crippen LogP) is 3.56. The van der Waals surface area contributed by atoms with Crippen LogP contribution in [0.3, 0.4) is 0 Å². The topological polar surface area (TPSA) is 95.1 Å². The molecule has 0 bridgehead atoms. The molecule has 0 fully saturated rings. The zero-order chi connectivity index (χ0) is 22.4. The molecule has 1 atom stereocenters. The number of aromatic nitrogens is 7. The Morgan fingerprint density at radius 3 is 2.76 bits per heavy atom. The standard InChI is InChI=1S/C24H22N8O/c1-24(14-16-6-4-3-5-7-16)15-33-21-13-17(12-20-29-30-22(24)32(20)21)18-8-10-25-23(27-18)28-19-9-11-26-31(19)2/h3-13H,14-15H2,1-2H3,(H,25,27,28). The van der Waals surface area contributed by atoms with E-state index in [0.717, 1.165) is 35.0 Å². The minimum Gasteiger partial charge on any atom is -0.477 e. The Balaban J connectivity index is 1.36. The van der Waals surface area contributed by atoms with E-state index in [1.807, 2.05) is 41.8 Å². The van der Waals surface area contributed by atoms with Gasteiger partial charge in [-0.15, -0.1) is 10.2 Å². The second-order valence-electron chi connectivity index (χ2n) is 8.54. The third-order valence-corrected chi connectivity index (χ3v) is 6.00. The zero-order valence-corrected chi connectivity index (χ0v) is 18.3. The molecular formula is C24H22N8O. The van der Waals surface area contributed by atoms with Crippen molar-refractivity contribution in [3.8, 4) is 17.1 Å². The van der Waals surface area contributed by atoms with Crippen molar-refractivity contribution in [2.24, 2.45) is 7.05 Å². The minimum absolute atomic E-state index is 0.273. The quantitative estimate of drug-likeness (QED) is 0.448. The van der Waals surface area contributed by atoms with Crippen molar-refractivity contribution < 1.29 is 4.74 Å². The number of nitrogens with zero attached hydrogens (tertiary/aromatic N) is 7. The molecular weight excluding hydrogens is 416 g/mol. The molecule has 0 saturated heterocycles. The number of nitrogens with one attached hydrogen (secondary N) is 1. The van der Waals surface area contributed by atoms with Gasteiger partial charge in [0, 0.05) is 30.9 Å². The fourth-order valence-electron chi connectivity index (χ4n) is 4.30. The highest BCUT2D eigenvalue weighted by atomic mass is 16.5. The summed E-state index contributed by atoms with van der Waals surface area (Å²) in [4.78, 5) is 9.01. The molecule has 0 aliphatic carbocycles. The van der Waals surface area contributed by atoms with Gasteiger partial charge in [0.05, 0.1) is 17.3 Å². The molecule has 4 aromatic heterocycles. The van der Waals surface area contributed by atoms with Crippen molar-refractivity contribution in [1.29, 1.82) is 0 Å². The van der Waals surface area contributed by atoms with Crippen molar-refractivity contribution in [1.82, 2.24) is 34.3 Å². The number of aryl methyl sites for hydroxylation is 1. The summed E-state index contributed by atoms with van der Waals surface area (Å²) in [6.07, 6.45) is 4.27. The first kappa shape index (κ1) is 19.4. The Bertz CT molecular complexity index is 1460. The van der Waals surface area contributed by atoms with Gasteiger partial charge in [-0.2, -0.15) is 5.10 Å². The van der Waals surface area contributed by atoms with Gasteiger partial charge in [-0.3, -0.25) is 4.68 Å². The summed E-state index contributed by atoms with van der Waals surface area (Å²) in [6, 6.07) is 18.1. The monoisotopic (exact) mass is 438 g/mol. The number of benzene rings is 1. The summed E-state index contributed by atoms with van der Waals surface area (Å²) in [5.41, 5.74) is 3.36. The average molecular weight is 438 g/mol. The second kappa shape index (κ2) is 7.40. The molecule has 5 heterocycles. The van der Waals surface area contributed by atoms with Gasteiger partial charge in [0.25, 0.3) is 0 Å². The van der Waals surface area contributed by atoms with E-state index >= 15 is 0 Å². The van der Waals surface area contributed by atoms with Gasteiger partial charge >= 0.3 is 0 Å². The highest BCUT2D eigenvalue weighted by Crippen LogP contribution is 2.36. The van der Waals surface area contributed by atoms with Crippen molar-refractivity contribution >= 4 is 17.4 Å². The van der Waals surface area contributed by atoms with Crippen LogP contribution in [0.5, 0.6) is 5.88 Å². The van der Waals surface area contributed by atoms with Gasteiger partial charge in [0.15, 0.2) is 5.65 Å². The van der Waals surface area contributed by atoms with Crippen LogP contribution < -0.4 is 10.1 Å². The molecule has 1 aliphatic rings. The summed E-state index contributed by atoms with van der Waals surface area (Å²) < 4.78 is 9.98. The Morgan fingerprint density at radius 1 is 1.06 bits per heavy atom. The number of ether oxygens (including phenoxy) is 1. The van der Waals surface area contributed by atoms with Crippen molar-refractivity contribution in [2.75, 3.05) is 11.9 Å². The number of rotatable bonds is 5. The van der Waals surface area contributed by atoms with E-state index in [4.69, 9.17) is 4.74 Å². The number of hydrogen-bond donors (Lipinski definition) is 1. The Morgan fingerprint density at radius 2 is 1.94 bits per heavy atom. The number of pyridine rings is 1. The van der Waals surface area contributed by atoms with Crippen LogP contribution in [-0.2, 0) is 18.9 Å². The van der Waals surface area contributed by atoms with Crippen molar-refractivity contribution in [2.45, 2.75) is 18.8 Å². The molecule has 1 N–H and O–H groups in total. The van der Waals surface area contributed by atoms with Crippen LogP contribution >= 0.6 is 0 Å². The van der Waals surface area contributed by atoms with Crippen LogP contribution in [0, 0.1) is 0 Å². The van der Waals surface area contributed by atoms with Gasteiger partial charge in [-0.1, -0.05) is 30.3 Å². The van der Waals surface area contributed by atoms with Crippen LogP contribution in [0.4, 0.5) is 11.8 Å². The summed E-state index contributed by atoms with van der Waals surface area (Å²) in [7, 11) is 1.86. The van der Waals surface area contributed by atoms with E-state index in [0.29, 0.717) is 18.4 Å². The average Bonchev–Trinajstić information content (AvgIpc) is 3.45. The van der Waals surface area contributed by atoms with Crippen molar-refractivity contribution in [3.05, 3.63) is 78.4 Å². The summed E-state index contributed by atoms with van der Waals surface area (Å²) in [5, 5.41) is 16.4. The molecule has 5 aromatic rings. The molecule has 9 heteroatoms. The lowest BCUT2D eigenvalue weighted by molar-refractivity contribution is 0.184. The Hall–Kier alpha value is -4.27. The van der Waals surface area contributed by atoms with E-state index < -0.39 is 0 Å². The van der Waals surface area contributed by atoms with Gasteiger partial charge in [0.1, 0.15) is 18.2 Å². The highest BCUT2D eigenvalue weighted by molar-refractivity contribution is 5.68. The van der Waals surface area contributed by atoms with Gasteiger partial charge < -0.3 is 10.1 Å². The smallest absolute Gasteiger partial charge is 0.228 e. The third kappa shape index (κ3) is 3.38. The van der Waals surface area contributed by atoms with E-state index in [2.05, 4.69) is 61.8 Å². The molecule has 164 valence electrons. The molecule has 0 amide bonds. The Kier molecular flexibility index (Phi) is 4.36. The molecule has 0 radical (unpaired) electrons. The maximum absolute atomic E-state index is 6.25. The summed E-state index contributed by atoms with van der Waals surface area (Å²) in [6.45, 7) is 2.70. The van der Waals surface area contributed by atoms with Crippen LogP contribution in [0.2, 0.25) is 0 Å². The second-order valence-corrected chi connectivity index (χ2v) is 8.54. The maximum Gasteiger partial charge on any atom is 0.228 e. The SMILES string of the molecule is Cn1nccc1Nc1nccc(-c2cc3n4c(nnc4c2)C(C)(Cc2ccccc2)CO3)n1. The minimum atomic E-state index is -0.273. The maximum atomic E-state index is 6.25. The van der Waals surface area contributed by atoms with Crippen molar-refractivity contribution in [3.63, 3.8) is 0 Å². The highest BCUT2D eigenvalue weighted by Gasteiger charge is 2.37. The lowest BCUT2D eigenvalue weighted by atomic mass is 9.83. The molecule has 0 spiro atoms. The normalized spacial score (nSPS) is 17.2. The van der Waals surface area contributed by atoms with E-state index in [1.54, 1.807) is 17.1 Å². The summed E-state index contributed by atoms with van der Waals surface area (Å²) in [5.74, 6) is 2.92. The van der Waals surface area contributed by atoms with Crippen LogP contribution in [0.1, 0.15) is 18.3 Å². The van der Waals surface area contributed by atoms with Gasteiger partial charge in [-0.05, 0) is 31.0 Å². The molecule has 1 aliphatic heterocycles. The molecule has 1 aromatic carbocycles. The first-order chi connectivity index (χ1) is 16.1. The lowest BCUT2D eigenvalue weighted by Gasteiger charge is -2.32. The molecule has 33 heavy (non-hydrogen) atoms. The molecule has 0 saturated carbocycles. The largest absolute Gasteiger partial charge is 0.477 e. The molecule has 6 rings (SSSR count). The lowest BCUT2D eigenvalue weighted by Crippen LogP contribution is -2.38. The van der Waals surface area contributed by atoms with Crippen LogP contribution in [0.25, 0.3) is 16.9 Å². The van der Waals surface area contributed by atoms with E-state index in [-0.39, 0.29) is 5.41 Å². The van der Waals surface area contributed by atoms with Crippen LogP contribution in [-0.4, -0.2) is 41.0 Å². The fraction of sp³-hybridized carbons (Fsp3) is 0.208. The predicted molar refractivity (Wildman–Crippen MR) is 123 cm³/mol. The van der Waals surface area contributed by atoms with Crippen LogP contribution in [0.15, 0.2) is 67.0 Å². The molecule has 1 unspecified atom stereocenters. The summed E-state index contributed by atoms with van der Waals surface area (Å²) >= 11 is 0. The zero-order valence-electron chi connectivity index (χ0n) is 18.3. The first-order valence-corrected chi connectivity index (χ1v) is 10.7. The van der Waals surface area contributed by atoms with E-state index in [1.165, 1.54) is 5.56 Å². The van der Waals surface area contributed by atoms with E-state index in [9.17, 15) is 0 Å².